The van der Waals surface area contributed by atoms with Crippen molar-refractivity contribution in [3.8, 4) is 12.5 Å². The Kier molecular flexibility index (Phi) is 6.11. The van der Waals surface area contributed by atoms with E-state index < -0.39 is 11.7 Å². The molecule has 0 spiro atoms. The number of hydrogen-bond acceptors (Lipinski definition) is 5. The predicted molar refractivity (Wildman–Crippen MR) is 47.6 cm³/mol. The lowest BCUT2D eigenvalue weighted by Crippen LogP contribution is -2.40. The highest BCUT2D eigenvalue weighted by Gasteiger charge is 2.20. The average Bonchev–Trinajstić information content (AvgIpc) is 2.69. The summed E-state index contributed by atoms with van der Waals surface area (Å²) in [4.78, 5) is 24.4. The van der Waals surface area contributed by atoms with Gasteiger partial charge in [0.25, 0.3) is 0 Å². The normalized spacial score (nSPS) is 13.6. The molecule has 0 bridgehead atoms. The number of ketones is 1. The number of nitrogens with zero attached hydrogens (tertiary/aromatic N) is 1. The molecule has 0 saturated carbocycles. The number of hydrazine groups is 1. The quantitative estimate of drug-likeness (QED) is 0.255. The summed E-state index contributed by atoms with van der Waals surface area (Å²) in [5, 5.41) is 8.50. The van der Waals surface area contributed by atoms with Crippen molar-refractivity contribution in [3.05, 3.63) is 0 Å². The van der Waals surface area contributed by atoms with E-state index in [4.69, 9.17) is 5.26 Å². The van der Waals surface area contributed by atoms with Crippen LogP contribution in [0.1, 0.15) is 13.3 Å². The van der Waals surface area contributed by atoms with Gasteiger partial charge in [0.1, 0.15) is 0 Å². The maximum Gasteiger partial charge on any atom is 0.303 e. The third-order valence-corrected chi connectivity index (χ3v) is 1.46. The van der Waals surface area contributed by atoms with Gasteiger partial charge in [0.15, 0.2) is 6.11 Å². The van der Waals surface area contributed by atoms with Crippen LogP contribution in [0, 0.1) is 12.5 Å². The summed E-state index contributed by atoms with van der Waals surface area (Å²) in [5.74, 6) is -0.841. The van der Waals surface area contributed by atoms with Crippen LogP contribution in [0.25, 0.3) is 0 Å². The molecule has 1 fully saturated rings. The van der Waals surface area contributed by atoms with Crippen molar-refractivity contribution in [1.29, 1.82) is 0 Å². The molecule has 1 heterocycles. The first kappa shape index (κ1) is 12.4. The smallest absolute Gasteiger partial charge is 0.289 e. The molecule has 0 aromatic carbocycles. The molecular formula is C8H12N2O4. The van der Waals surface area contributed by atoms with E-state index in [1.54, 1.807) is 0 Å². The van der Waals surface area contributed by atoms with Crippen molar-refractivity contribution < 1.29 is 19.7 Å². The zero-order chi connectivity index (χ0) is 11.0. The molecule has 2 N–H and O–H groups in total. The molecule has 6 heteroatoms. The molecule has 0 radical (unpaired) electrons. The van der Waals surface area contributed by atoms with E-state index in [1.165, 1.54) is 18.0 Å². The number of rotatable bonds is 1. The average molecular weight is 200 g/mol. The minimum atomic E-state index is -0.433. The van der Waals surface area contributed by atoms with Crippen molar-refractivity contribution >= 4 is 11.7 Å². The Morgan fingerprint density at radius 1 is 1.64 bits per heavy atom. The SMILES string of the molecule is C#COO.CC(=O)C(=O)N1CCCN1. The lowest BCUT2D eigenvalue weighted by atomic mass is 10.4. The highest BCUT2D eigenvalue weighted by atomic mass is 17.1. The van der Waals surface area contributed by atoms with Gasteiger partial charge in [-0.25, -0.2) is 5.43 Å². The lowest BCUT2D eigenvalue weighted by Gasteiger charge is -2.12. The zero-order valence-electron chi connectivity index (χ0n) is 7.82. The Hall–Kier alpha value is -1.58. The summed E-state index contributed by atoms with van der Waals surface area (Å²) in [6.45, 7) is 2.72. The number of carbonyl (C=O) groups is 2. The maximum atomic E-state index is 10.9. The van der Waals surface area contributed by atoms with E-state index in [9.17, 15) is 9.59 Å². The van der Waals surface area contributed by atoms with Crippen LogP contribution in [0.3, 0.4) is 0 Å². The van der Waals surface area contributed by atoms with Gasteiger partial charge in [0, 0.05) is 20.0 Å². The summed E-state index contributed by atoms with van der Waals surface area (Å²) in [6.07, 6.45) is 6.72. The summed E-state index contributed by atoms with van der Waals surface area (Å²) in [5.41, 5.74) is 2.80. The van der Waals surface area contributed by atoms with Crippen LogP contribution in [0.15, 0.2) is 0 Å². The summed E-state index contributed by atoms with van der Waals surface area (Å²) >= 11 is 0. The van der Waals surface area contributed by atoms with Gasteiger partial charge in [-0.2, -0.15) is 5.26 Å². The molecule has 0 aromatic heterocycles. The van der Waals surface area contributed by atoms with E-state index in [2.05, 4.69) is 16.7 Å². The van der Waals surface area contributed by atoms with Crippen molar-refractivity contribution in [2.24, 2.45) is 0 Å². The molecule has 1 aliphatic heterocycles. The van der Waals surface area contributed by atoms with E-state index in [0.717, 1.165) is 13.0 Å². The van der Waals surface area contributed by atoms with Crippen LogP contribution in [0.2, 0.25) is 0 Å². The van der Waals surface area contributed by atoms with Crippen LogP contribution in [-0.4, -0.2) is 35.0 Å². The van der Waals surface area contributed by atoms with Gasteiger partial charge in [-0.15, -0.1) is 0 Å². The number of hydrogen-bond donors (Lipinski definition) is 2. The molecule has 1 rings (SSSR count). The summed E-state index contributed by atoms with van der Waals surface area (Å²) in [7, 11) is 0. The fraction of sp³-hybridized carbons (Fsp3) is 0.500. The van der Waals surface area contributed by atoms with Crippen molar-refractivity contribution in [3.63, 3.8) is 0 Å². The largest absolute Gasteiger partial charge is 0.303 e. The Labute approximate surface area is 81.7 Å². The molecule has 1 aliphatic rings. The van der Waals surface area contributed by atoms with E-state index in [0.29, 0.717) is 6.54 Å². The van der Waals surface area contributed by atoms with E-state index >= 15 is 0 Å². The second-order valence-corrected chi connectivity index (χ2v) is 2.48. The number of carbonyl (C=O) groups excluding carboxylic acids is 2. The van der Waals surface area contributed by atoms with Crippen LogP contribution in [-0.2, 0) is 14.5 Å². The van der Waals surface area contributed by atoms with E-state index in [-0.39, 0.29) is 0 Å². The number of terminal acetylenes is 1. The molecule has 6 nitrogen and oxygen atoms in total. The fourth-order valence-electron chi connectivity index (χ4n) is 0.894. The molecular weight excluding hydrogens is 188 g/mol. The van der Waals surface area contributed by atoms with Gasteiger partial charge in [-0.3, -0.25) is 19.5 Å². The summed E-state index contributed by atoms with van der Waals surface area (Å²) < 4.78 is 0. The fourth-order valence-corrected chi connectivity index (χ4v) is 0.894. The molecule has 78 valence electrons. The monoisotopic (exact) mass is 200 g/mol. The minimum absolute atomic E-state index is 0.408. The van der Waals surface area contributed by atoms with Crippen LogP contribution < -0.4 is 5.43 Å². The standard InChI is InChI=1S/C6H10N2O2.C2H2O2/c1-5(9)6(10)8-4-2-3-7-8;1-2-4-3/h7H,2-4H2,1H3;1,3H. The highest BCUT2D eigenvalue weighted by Crippen LogP contribution is 1.96. The van der Waals surface area contributed by atoms with Gasteiger partial charge < -0.3 is 0 Å². The second kappa shape index (κ2) is 6.88. The number of amides is 1. The molecule has 0 atom stereocenters. The van der Waals surface area contributed by atoms with Crippen molar-refractivity contribution in [1.82, 2.24) is 10.4 Å². The third-order valence-electron chi connectivity index (χ3n) is 1.46. The maximum absolute atomic E-state index is 10.9. The second-order valence-electron chi connectivity index (χ2n) is 2.48. The third kappa shape index (κ3) is 4.45. The van der Waals surface area contributed by atoms with Gasteiger partial charge in [-0.05, 0) is 6.42 Å². The molecule has 1 amide bonds. The summed E-state index contributed by atoms with van der Waals surface area (Å²) in [6, 6.07) is 0. The zero-order valence-corrected chi connectivity index (χ0v) is 7.82. The van der Waals surface area contributed by atoms with Gasteiger partial charge in [-0.1, -0.05) is 6.42 Å². The number of nitrogens with one attached hydrogen (secondary N) is 1. The first-order valence-corrected chi connectivity index (χ1v) is 3.95. The molecule has 0 aromatic rings. The number of Topliss-reactive ketones (excluding diaryl/α,β-unsaturated/α-hetero) is 1. The predicted octanol–water partition coefficient (Wildman–Crippen LogP) is -0.621. The first-order valence-electron chi connectivity index (χ1n) is 3.95. The molecule has 0 unspecified atom stereocenters. The Balaban J connectivity index is 0.000000364. The topological polar surface area (TPSA) is 78.9 Å². The van der Waals surface area contributed by atoms with Crippen LogP contribution >= 0.6 is 0 Å². The molecule has 14 heavy (non-hydrogen) atoms. The molecule has 1 saturated heterocycles. The Morgan fingerprint density at radius 3 is 2.50 bits per heavy atom. The van der Waals surface area contributed by atoms with Crippen molar-refractivity contribution in [2.75, 3.05) is 13.1 Å². The van der Waals surface area contributed by atoms with E-state index in [1.807, 2.05) is 0 Å². The first-order chi connectivity index (χ1) is 6.63. The lowest BCUT2D eigenvalue weighted by molar-refractivity contribution is -0.171. The van der Waals surface area contributed by atoms with Crippen molar-refractivity contribution in [2.45, 2.75) is 13.3 Å². The Bertz CT molecular complexity index is 240. The Morgan fingerprint density at radius 2 is 2.21 bits per heavy atom. The van der Waals surface area contributed by atoms with Crippen LogP contribution in [0.5, 0.6) is 0 Å². The van der Waals surface area contributed by atoms with Crippen LogP contribution in [0.4, 0.5) is 0 Å². The van der Waals surface area contributed by atoms with Gasteiger partial charge >= 0.3 is 5.91 Å². The van der Waals surface area contributed by atoms with Gasteiger partial charge in [0.05, 0.1) is 0 Å². The molecule has 0 aliphatic carbocycles. The minimum Gasteiger partial charge on any atom is -0.289 e. The van der Waals surface area contributed by atoms with Gasteiger partial charge in [0.2, 0.25) is 5.78 Å². The highest BCUT2D eigenvalue weighted by molar-refractivity contribution is 6.34.